The molecular weight excluding hydrogens is 222 g/mol. The molecule has 0 saturated heterocycles. The molecule has 0 spiro atoms. The van der Waals surface area contributed by atoms with Gasteiger partial charge < -0.3 is 0 Å². The Labute approximate surface area is 107 Å². The molecule has 3 nitrogen and oxygen atoms in total. The number of benzene rings is 1. The van der Waals surface area contributed by atoms with Gasteiger partial charge in [0.1, 0.15) is 12.3 Å². The van der Waals surface area contributed by atoms with Gasteiger partial charge in [0.05, 0.1) is 13.0 Å². The molecule has 0 aliphatic carbocycles. The maximum Gasteiger partial charge on any atom is 0.257 e. The van der Waals surface area contributed by atoms with Crippen molar-refractivity contribution in [3.05, 3.63) is 41.9 Å². The molecule has 0 unspecified atom stereocenters. The van der Waals surface area contributed by atoms with Crippen molar-refractivity contribution in [1.82, 2.24) is 4.57 Å². The molecule has 0 atom stereocenters. The summed E-state index contributed by atoms with van der Waals surface area (Å²) < 4.78 is 4.43. The number of hydrogen-bond acceptors (Lipinski definition) is 1. The van der Waals surface area contributed by atoms with Gasteiger partial charge >= 0.3 is 0 Å². The minimum atomic E-state index is 0.446. The van der Waals surface area contributed by atoms with E-state index in [1.54, 1.807) is 0 Å². The highest BCUT2D eigenvalue weighted by Gasteiger charge is 2.28. The monoisotopic (exact) mass is 238 g/mol. The van der Waals surface area contributed by atoms with Crippen molar-refractivity contribution < 1.29 is 4.57 Å². The highest BCUT2D eigenvalue weighted by atomic mass is 15.2. The molecular formula is C15H16N3+. The van der Waals surface area contributed by atoms with E-state index in [-0.39, 0.29) is 0 Å². The summed E-state index contributed by atoms with van der Waals surface area (Å²) in [5, 5.41) is 8.89. The SMILES string of the molecule is Cc1ccc(-c2c[n+](CC#N)c3n2CCC3)cc1. The lowest BCUT2D eigenvalue weighted by Crippen LogP contribution is -2.35. The van der Waals surface area contributed by atoms with E-state index in [1.807, 2.05) is 0 Å². The van der Waals surface area contributed by atoms with Crippen LogP contribution in [0.4, 0.5) is 0 Å². The van der Waals surface area contributed by atoms with Crippen LogP contribution in [0, 0.1) is 18.3 Å². The second kappa shape index (κ2) is 4.30. The van der Waals surface area contributed by atoms with E-state index in [0.29, 0.717) is 6.54 Å². The maximum atomic E-state index is 8.89. The van der Waals surface area contributed by atoms with Crippen LogP contribution >= 0.6 is 0 Å². The Bertz CT molecular complexity index is 614. The minimum Gasteiger partial charge on any atom is -0.227 e. The van der Waals surface area contributed by atoms with Gasteiger partial charge in [-0.25, -0.2) is 9.13 Å². The van der Waals surface area contributed by atoms with E-state index in [9.17, 15) is 0 Å². The minimum absolute atomic E-state index is 0.446. The molecule has 0 radical (unpaired) electrons. The van der Waals surface area contributed by atoms with Gasteiger partial charge in [-0.05, 0) is 13.3 Å². The second-order valence-corrected chi connectivity index (χ2v) is 4.84. The van der Waals surface area contributed by atoms with Crippen molar-refractivity contribution in [3.63, 3.8) is 0 Å². The van der Waals surface area contributed by atoms with Crippen LogP contribution in [-0.2, 0) is 19.5 Å². The van der Waals surface area contributed by atoms with Crippen LogP contribution in [-0.4, -0.2) is 4.57 Å². The molecule has 3 heteroatoms. The Balaban J connectivity index is 2.10. The summed E-state index contributed by atoms with van der Waals surface area (Å²) in [5.41, 5.74) is 3.75. The topological polar surface area (TPSA) is 32.6 Å². The Morgan fingerprint density at radius 3 is 2.83 bits per heavy atom. The van der Waals surface area contributed by atoms with Gasteiger partial charge in [-0.2, -0.15) is 5.26 Å². The summed E-state index contributed by atoms with van der Waals surface area (Å²) in [4.78, 5) is 0. The summed E-state index contributed by atoms with van der Waals surface area (Å²) >= 11 is 0. The Kier molecular flexibility index (Phi) is 2.64. The van der Waals surface area contributed by atoms with Crippen molar-refractivity contribution in [3.8, 4) is 17.3 Å². The van der Waals surface area contributed by atoms with E-state index in [2.05, 4.69) is 52.6 Å². The number of rotatable bonds is 2. The highest BCUT2D eigenvalue weighted by Crippen LogP contribution is 2.24. The summed E-state index contributed by atoms with van der Waals surface area (Å²) in [5.74, 6) is 1.28. The molecule has 18 heavy (non-hydrogen) atoms. The maximum absolute atomic E-state index is 8.89. The molecule has 2 aromatic rings. The van der Waals surface area contributed by atoms with Crippen LogP contribution in [0.15, 0.2) is 30.5 Å². The van der Waals surface area contributed by atoms with Crippen molar-refractivity contribution >= 4 is 0 Å². The third-order valence-electron chi connectivity index (χ3n) is 3.58. The molecule has 0 fully saturated rings. The van der Waals surface area contributed by atoms with Crippen molar-refractivity contribution in [2.45, 2.75) is 32.9 Å². The van der Waals surface area contributed by atoms with Crippen LogP contribution in [0.1, 0.15) is 17.8 Å². The highest BCUT2D eigenvalue weighted by molar-refractivity contribution is 5.59. The molecule has 0 saturated carbocycles. The quantitative estimate of drug-likeness (QED) is 0.738. The Morgan fingerprint density at radius 1 is 1.33 bits per heavy atom. The predicted molar refractivity (Wildman–Crippen MR) is 68.7 cm³/mol. The predicted octanol–water partition coefficient (Wildman–Crippen LogP) is 2.22. The number of aryl methyl sites for hydroxylation is 1. The summed E-state index contributed by atoms with van der Waals surface area (Å²) in [6.07, 6.45) is 4.37. The summed E-state index contributed by atoms with van der Waals surface area (Å²) in [6, 6.07) is 10.8. The molecule has 0 N–H and O–H groups in total. The molecule has 0 bridgehead atoms. The first-order chi connectivity index (χ1) is 8.79. The van der Waals surface area contributed by atoms with Gasteiger partial charge in [0.25, 0.3) is 5.82 Å². The molecule has 0 amide bonds. The van der Waals surface area contributed by atoms with E-state index in [0.717, 1.165) is 13.0 Å². The lowest BCUT2D eigenvalue weighted by molar-refractivity contribution is -0.691. The largest absolute Gasteiger partial charge is 0.257 e. The lowest BCUT2D eigenvalue weighted by Gasteiger charge is -1.99. The number of nitrogens with zero attached hydrogens (tertiary/aromatic N) is 3. The summed E-state index contributed by atoms with van der Waals surface area (Å²) in [7, 11) is 0. The first kappa shape index (κ1) is 11.0. The van der Waals surface area contributed by atoms with Crippen molar-refractivity contribution in [2.75, 3.05) is 0 Å². The standard InChI is InChI=1S/C15H16N3/c1-12-4-6-13(7-5-12)14-11-17(10-8-16)15-3-2-9-18(14)15/h4-7,11H,2-3,9-10H2,1H3/q+1. The Morgan fingerprint density at radius 2 is 2.11 bits per heavy atom. The number of imidazole rings is 1. The molecule has 90 valence electrons. The molecule has 2 heterocycles. The van der Waals surface area contributed by atoms with Crippen LogP contribution in [0.25, 0.3) is 11.3 Å². The van der Waals surface area contributed by atoms with Gasteiger partial charge in [0.2, 0.25) is 0 Å². The van der Waals surface area contributed by atoms with Gasteiger partial charge in [0.15, 0.2) is 12.2 Å². The van der Waals surface area contributed by atoms with E-state index in [4.69, 9.17) is 5.26 Å². The van der Waals surface area contributed by atoms with Crippen LogP contribution < -0.4 is 4.57 Å². The van der Waals surface area contributed by atoms with Crippen LogP contribution in [0.2, 0.25) is 0 Å². The average Bonchev–Trinajstić information content (AvgIpc) is 2.95. The third-order valence-corrected chi connectivity index (χ3v) is 3.58. The number of aromatic nitrogens is 2. The fourth-order valence-electron chi connectivity index (χ4n) is 2.68. The zero-order valence-corrected chi connectivity index (χ0v) is 10.6. The van der Waals surface area contributed by atoms with Crippen LogP contribution in [0.5, 0.6) is 0 Å². The van der Waals surface area contributed by atoms with Gasteiger partial charge in [-0.1, -0.05) is 29.8 Å². The van der Waals surface area contributed by atoms with E-state index in [1.165, 1.54) is 29.1 Å². The fraction of sp³-hybridized carbons (Fsp3) is 0.333. The summed E-state index contributed by atoms with van der Waals surface area (Å²) in [6.45, 7) is 3.61. The third kappa shape index (κ3) is 1.70. The second-order valence-electron chi connectivity index (χ2n) is 4.84. The first-order valence-corrected chi connectivity index (χ1v) is 6.35. The van der Waals surface area contributed by atoms with E-state index >= 15 is 0 Å². The lowest BCUT2D eigenvalue weighted by atomic mass is 10.1. The molecule has 3 rings (SSSR count). The fourth-order valence-corrected chi connectivity index (χ4v) is 2.68. The normalized spacial score (nSPS) is 13.3. The average molecular weight is 238 g/mol. The number of nitriles is 1. The van der Waals surface area contributed by atoms with Gasteiger partial charge in [-0.3, -0.25) is 0 Å². The first-order valence-electron chi connectivity index (χ1n) is 6.35. The molecule has 1 aliphatic heterocycles. The van der Waals surface area contributed by atoms with Crippen LogP contribution in [0.3, 0.4) is 0 Å². The number of hydrogen-bond donors (Lipinski definition) is 0. The van der Waals surface area contributed by atoms with E-state index < -0.39 is 0 Å². The van der Waals surface area contributed by atoms with Crippen molar-refractivity contribution in [2.24, 2.45) is 0 Å². The zero-order valence-electron chi connectivity index (χ0n) is 10.6. The molecule has 1 aliphatic rings. The molecule has 1 aromatic heterocycles. The molecule has 1 aromatic carbocycles. The zero-order chi connectivity index (χ0) is 12.5. The van der Waals surface area contributed by atoms with Gasteiger partial charge in [-0.15, -0.1) is 0 Å². The number of fused-ring (bicyclic) bond motifs is 1. The van der Waals surface area contributed by atoms with Crippen molar-refractivity contribution in [1.29, 1.82) is 5.26 Å². The smallest absolute Gasteiger partial charge is 0.227 e. The Hall–Kier alpha value is -2.08. The van der Waals surface area contributed by atoms with Gasteiger partial charge in [0, 0.05) is 5.56 Å².